The highest BCUT2D eigenvalue weighted by atomic mass is 79.9. The molecule has 4 heteroatoms. The second kappa shape index (κ2) is 7.01. The zero-order chi connectivity index (χ0) is 11.1. The van der Waals surface area contributed by atoms with E-state index >= 15 is 0 Å². The molecular weight excluding hydrogens is 322 g/mol. The maximum absolute atomic E-state index is 11.6. The summed E-state index contributed by atoms with van der Waals surface area (Å²) in [6.45, 7) is 0.737. The van der Waals surface area contributed by atoms with Gasteiger partial charge >= 0.3 is 0 Å². The van der Waals surface area contributed by atoms with Crippen LogP contribution < -0.4 is 5.32 Å². The monoisotopic (exact) mass is 333 g/mol. The van der Waals surface area contributed by atoms with Crippen molar-refractivity contribution in [2.75, 3.05) is 11.9 Å². The average molecular weight is 335 g/mol. The zero-order valence-electron chi connectivity index (χ0n) is 8.30. The largest absolute Gasteiger partial charge is 0.352 e. The molecule has 2 nitrogen and oxygen atoms in total. The molecule has 0 aliphatic rings. The highest BCUT2D eigenvalue weighted by Crippen LogP contribution is 2.10. The SMILES string of the molecule is O=C(NCCCCBr)c1ccc(Br)cc1. The van der Waals surface area contributed by atoms with Crippen LogP contribution in [0.5, 0.6) is 0 Å². The van der Waals surface area contributed by atoms with Crippen molar-refractivity contribution in [1.29, 1.82) is 0 Å². The summed E-state index contributed by atoms with van der Waals surface area (Å²) in [6.07, 6.45) is 2.09. The lowest BCUT2D eigenvalue weighted by Gasteiger charge is -2.04. The summed E-state index contributed by atoms with van der Waals surface area (Å²) in [5.41, 5.74) is 0.706. The molecule has 1 aromatic rings. The van der Waals surface area contributed by atoms with Crippen LogP contribution in [0.3, 0.4) is 0 Å². The van der Waals surface area contributed by atoms with Gasteiger partial charge in [-0.3, -0.25) is 4.79 Å². The molecule has 0 atom stereocenters. The van der Waals surface area contributed by atoms with Crippen LogP contribution in [0.2, 0.25) is 0 Å². The van der Waals surface area contributed by atoms with Gasteiger partial charge in [-0.1, -0.05) is 31.9 Å². The van der Waals surface area contributed by atoms with Gasteiger partial charge in [0.1, 0.15) is 0 Å². The number of halogens is 2. The van der Waals surface area contributed by atoms with Crippen molar-refractivity contribution >= 4 is 37.8 Å². The number of unbranched alkanes of at least 4 members (excludes halogenated alkanes) is 1. The van der Waals surface area contributed by atoms with E-state index in [1.807, 2.05) is 24.3 Å². The van der Waals surface area contributed by atoms with Gasteiger partial charge in [0.25, 0.3) is 5.91 Å². The van der Waals surface area contributed by atoms with Gasteiger partial charge in [0, 0.05) is 21.9 Å². The van der Waals surface area contributed by atoms with Crippen molar-refractivity contribution in [3.8, 4) is 0 Å². The van der Waals surface area contributed by atoms with Crippen LogP contribution in [-0.2, 0) is 0 Å². The Morgan fingerprint density at radius 1 is 1.20 bits per heavy atom. The average Bonchev–Trinajstić information content (AvgIpc) is 2.25. The number of hydrogen-bond acceptors (Lipinski definition) is 1. The van der Waals surface area contributed by atoms with Crippen LogP contribution in [0, 0.1) is 0 Å². The highest BCUT2D eigenvalue weighted by molar-refractivity contribution is 9.10. The number of carbonyl (C=O) groups excluding carboxylic acids is 1. The Kier molecular flexibility index (Phi) is 5.95. The van der Waals surface area contributed by atoms with E-state index in [0.29, 0.717) is 5.56 Å². The van der Waals surface area contributed by atoms with Crippen molar-refractivity contribution < 1.29 is 4.79 Å². The molecule has 0 fully saturated rings. The van der Waals surface area contributed by atoms with Crippen molar-refractivity contribution in [1.82, 2.24) is 5.32 Å². The van der Waals surface area contributed by atoms with Gasteiger partial charge in [-0.05, 0) is 37.1 Å². The molecule has 0 aliphatic carbocycles. The summed E-state index contributed by atoms with van der Waals surface area (Å²) in [5, 5.41) is 3.87. The fraction of sp³-hybridized carbons (Fsp3) is 0.364. The topological polar surface area (TPSA) is 29.1 Å². The van der Waals surface area contributed by atoms with Crippen molar-refractivity contribution in [3.63, 3.8) is 0 Å². The zero-order valence-corrected chi connectivity index (χ0v) is 11.5. The summed E-state index contributed by atoms with van der Waals surface area (Å²) in [5.74, 6) is -0.00271. The molecule has 0 radical (unpaired) electrons. The first-order valence-electron chi connectivity index (χ1n) is 4.84. The van der Waals surface area contributed by atoms with E-state index in [0.717, 1.165) is 29.2 Å². The standard InChI is InChI=1S/C11H13Br2NO/c12-7-1-2-8-14-11(15)9-3-5-10(13)6-4-9/h3-6H,1-2,7-8H2,(H,14,15). The number of alkyl halides is 1. The number of nitrogens with one attached hydrogen (secondary N) is 1. The Balaban J connectivity index is 2.37. The molecule has 0 saturated carbocycles. The molecule has 82 valence electrons. The fourth-order valence-corrected chi connectivity index (χ4v) is 1.79. The highest BCUT2D eigenvalue weighted by Gasteiger charge is 2.03. The number of hydrogen-bond donors (Lipinski definition) is 1. The van der Waals surface area contributed by atoms with Crippen LogP contribution >= 0.6 is 31.9 Å². The molecule has 1 amide bonds. The van der Waals surface area contributed by atoms with E-state index in [9.17, 15) is 4.79 Å². The minimum absolute atomic E-state index is 0.00271. The minimum atomic E-state index is -0.00271. The molecule has 0 saturated heterocycles. The Hall–Kier alpha value is -0.350. The predicted molar refractivity (Wildman–Crippen MR) is 69.5 cm³/mol. The summed E-state index contributed by atoms with van der Waals surface area (Å²) in [6, 6.07) is 7.36. The van der Waals surface area contributed by atoms with Crippen LogP contribution in [0.4, 0.5) is 0 Å². The Bertz CT molecular complexity index is 311. The van der Waals surface area contributed by atoms with Gasteiger partial charge in [0.15, 0.2) is 0 Å². The molecule has 0 unspecified atom stereocenters. The fourth-order valence-electron chi connectivity index (χ4n) is 1.12. The van der Waals surface area contributed by atoms with Gasteiger partial charge in [0.05, 0.1) is 0 Å². The lowest BCUT2D eigenvalue weighted by atomic mass is 10.2. The molecule has 0 spiro atoms. The molecular formula is C11H13Br2NO. The smallest absolute Gasteiger partial charge is 0.251 e. The Labute approximate surface area is 107 Å². The summed E-state index contributed by atoms with van der Waals surface area (Å²) < 4.78 is 0.985. The second-order valence-electron chi connectivity index (χ2n) is 3.16. The van der Waals surface area contributed by atoms with E-state index < -0.39 is 0 Å². The Morgan fingerprint density at radius 2 is 1.87 bits per heavy atom. The summed E-state index contributed by atoms with van der Waals surface area (Å²) in [7, 11) is 0. The van der Waals surface area contributed by atoms with Crippen LogP contribution in [0.15, 0.2) is 28.7 Å². The van der Waals surface area contributed by atoms with Gasteiger partial charge in [-0.15, -0.1) is 0 Å². The van der Waals surface area contributed by atoms with Crippen LogP contribution in [-0.4, -0.2) is 17.8 Å². The number of carbonyl (C=O) groups is 1. The van der Waals surface area contributed by atoms with Crippen LogP contribution in [0.25, 0.3) is 0 Å². The molecule has 1 N–H and O–H groups in total. The molecule has 15 heavy (non-hydrogen) atoms. The van der Waals surface area contributed by atoms with Crippen molar-refractivity contribution in [2.24, 2.45) is 0 Å². The van der Waals surface area contributed by atoms with E-state index in [4.69, 9.17) is 0 Å². The maximum atomic E-state index is 11.6. The van der Waals surface area contributed by atoms with Crippen molar-refractivity contribution in [3.05, 3.63) is 34.3 Å². The first-order valence-corrected chi connectivity index (χ1v) is 6.75. The number of benzene rings is 1. The third-order valence-electron chi connectivity index (χ3n) is 1.95. The third kappa shape index (κ3) is 4.80. The van der Waals surface area contributed by atoms with E-state index in [-0.39, 0.29) is 5.91 Å². The van der Waals surface area contributed by atoms with Gasteiger partial charge in [-0.2, -0.15) is 0 Å². The Morgan fingerprint density at radius 3 is 2.47 bits per heavy atom. The molecule has 1 rings (SSSR count). The lowest BCUT2D eigenvalue weighted by Crippen LogP contribution is -2.24. The van der Waals surface area contributed by atoms with E-state index in [2.05, 4.69) is 37.2 Å². The third-order valence-corrected chi connectivity index (χ3v) is 3.04. The number of rotatable bonds is 5. The first kappa shape index (κ1) is 12.7. The van der Waals surface area contributed by atoms with E-state index in [1.165, 1.54) is 0 Å². The van der Waals surface area contributed by atoms with Gasteiger partial charge in [-0.25, -0.2) is 0 Å². The first-order chi connectivity index (χ1) is 7.24. The summed E-state index contributed by atoms with van der Waals surface area (Å²) >= 11 is 6.68. The summed E-state index contributed by atoms with van der Waals surface area (Å²) in [4.78, 5) is 11.6. The molecule has 0 bridgehead atoms. The van der Waals surface area contributed by atoms with Gasteiger partial charge < -0.3 is 5.32 Å². The molecule has 0 aromatic heterocycles. The minimum Gasteiger partial charge on any atom is -0.352 e. The predicted octanol–water partition coefficient (Wildman–Crippen LogP) is 3.35. The quantitative estimate of drug-likeness (QED) is 0.649. The normalized spacial score (nSPS) is 10.0. The molecule has 0 aliphatic heterocycles. The van der Waals surface area contributed by atoms with Crippen molar-refractivity contribution in [2.45, 2.75) is 12.8 Å². The van der Waals surface area contributed by atoms with Crippen LogP contribution in [0.1, 0.15) is 23.2 Å². The molecule has 0 heterocycles. The molecule has 1 aromatic carbocycles. The number of amides is 1. The maximum Gasteiger partial charge on any atom is 0.251 e. The second-order valence-corrected chi connectivity index (χ2v) is 4.87. The van der Waals surface area contributed by atoms with Gasteiger partial charge in [0.2, 0.25) is 0 Å². The van der Waals surface area contributed by atoms with E-state index in [1.54, 1.807) is 0 Å². The lowest BCUT2D eigenvalue weighted by molar-refractivity contribution is 0.0953.